The van der Waals surface area contributed by atoms with Gasteiger partial charge >= 0.3 is 0 Å². The molecular formula is C11H20N2O4S. The molecule has 18 heavy (non-hydrogen) atoms. The van der Waals surface area contributed by atoms with Crippen molar-refractivity contribution in [1.82, 2.24) is 9.80 Å². The first-order valence-electron chi connectivity index (χ1n) is 5.93. The lowest BCUT2D eigenvalue weighted by Gasteiger charge is -2.28. The van der Waals surface area contributed by atoms with E-state index in [9.17, 15) is 18.0 Å². The second kappa shape index (κ2) is 6.29. The quantitative estimate of drug-likeness (QED) is 0.654. The van der Waals surface area contributed by atoms with Crippen molar-refractivity contribution in [3.8, 4) is 0 Å². The minimum absolute atomic E-state index is 0.0431. The molecule has 0 N–H and O–H groups in total. The standard InChI is InChI=1S/C11H20N2O4S/c1-12(7-8-18(2,16)17)9-11(15)13-5-3-10(14)4-6-13/h3-9H2,1-2H3. The van der Waals surface area contributed by atoms with E-state index < -0.39 is 9.84 Å². The number of carbonyl (C=O) groups excluding carboxylic acids is 2. The SMILES string of the molecule is CN(CCS(C)(=O)=O)CC(=O)N1CCC(=O)CC1. The molecule has 1 heterocycles. The molecule has 0 aromatic carbocycles. The Balaban J connectivity index is 2.33. The molecule has 0 aromatic heterocycles. The molecule has 0 aromatic rings. The first-order chi connectivity index (χ1) is 8.28. The predicted octanol–water partition coefficient (Wildman–Crippen LogP) is -0.846. The van der Waals surface area contributed by atoms with Gasteiger partial charge in [0.2, 0.25) is 5.91 Å². The molecule has 1 fully saturated rings. The molecule has 0 spiro atoms. The van der Waals surface area contributed by atoms with Crippen molar-refractivity contribution in [3.63, 3.8) is 0 Å². The van der Waals surface area contributed by atoms with E-state index in [1.54, 1.807) is 16.8 Å². The molecule has 0 bridgehead atoms. The summed E-state index contributed by atoms with van der Waals surface area (Å²) in [5, 5.41) is 0. The summed E-state index contributed by atoms with van der Waals surface area (Å²) in [6, 6.07) is 0. The monoisotopic (exact) mass is 276 g/mol. The van der Waals surface area contributed by atoms with Gasteiger partial charge < -0.3 is 4.90 Å². The van der Waals surface area contributed by atoms with E-state index in [1.165, 1.54) is 6.26 Å². The lowest BCUT2D eigenvalue weighted by Crippen LogP contribution is -2.44. The third-order valence-corrected chi connectivity index (χ3v) is 3.85. The van der Waals surface area contributed by atoms with Gasteiger partial charge in [-0.15, -0.1) is 0 Å². The van der Waals surface area contributed by atoms with Crippen molar-refractivity contribution in [2.45, 2.75) is 12.8 Å². The van der Waals surface area contributed by atoms with E-state index in [-0.39, 0.29) is 24.0 Å². The van der Waals surface area contributed by atoms with Crippen molar-refractivity contribution in [1.29, 1.82) is 0 Å². The number of hydrogen-bond donors (Lipinski definition) is 0. The largest absolute Gasteiger partial charge is 0.341 e. The Morgan fingerprint density at radius 3 is 2.39 bits per heavy atom. The number of Topliss-reactive ketones (excluding diaryl/α,β-unsaturated/α-hetero) is 1. The first-order valence-corrected chi connectivity index (χ1v) is 8.00. The number of likely N-dealkylation sites (tertiary alicyclic amines) is 1. The molecule has 1 saturated heterocycles. The molecule has 0 unspecified atom stereocenters. The Morgan fingerprint density at radius 2 is 1.89 bits per heavy atom. The second-order valence-corrected chi connectivity index (χ2v) is 7.05. The van der Waals surface area contributed by atoms with Gasteiger partial charge in [0.05, 0.1) is 12.3 Å². The molecule has 7 heteroatoms. The van der Waals surface area contributed by atoms with Crippen LogP contribution in [0.1, 0.15) is 12.8 Å². The number of carbonyl (C=O) groups is 2. The number of rotatable bonds is 5. The maximum absolute atomic E-state index is 11.9. The summed E-state index contributed by atoms with van der Waals surface area (Å²) < 4.78 is 22.0. The maximum atomic E-state index is 11.9. The summed E-state index contributed by atoms with van der Waals surface area (Å²) in [5.74, 6) is 0.206. The number of piperidine rings is 1. The van der Waals surface area contributed by atoms with E-state index in [2.05, 4.69) is 0 Å². The summed E-state index contributed by atoms with van der Waals surface area (Å²) in [6.07, 6.45) is 2.04. The molecular weight excluding hydrogens is 256 g/mol. The fourth-order valence-electron chi connectivity index (χ4n) is 1.74. The van der Waals surface area contributed by atoms with Crippen molar-refractivity contribution in [3.05, 3.63) is 0 Å². The van der Waals surface area contributed by atoms with Crippen molar-refractivity contribution >= 4 is 21.5 Å². The minimum Gasteiger partial charge on any atom is -0.341 e. The normalized spacial score (nSPS) is 17.3. The Bertz CT molecular complexity index is 409. The summed E-state index contributed by atoms with van der Waals surface area (Å²) >= 11 is 0. The molecule has 6 nitrogen and oxygen atoms in total. The number of likely N-dealkylation sites (N-methyl/N-ethyl adjacent to an activating group) is 1. The van der Waals surface area contributed by atoms with Crippen LogP contribution in [0.25, 0.3) is 0 Å². The molecule has 104 valence electrons. The molecule has 0 radical (unpaired) electrons. The lowest BCUT2D eigenvalue weighted by molar-refractivity contribution is -0.135. The lowest BCUT2D eigenvalue weighted by atomic mass is 10.1. The third-order valence-electron chi connectivity index (χ3n) is 2.92. The molecule has 1 aliphatic rings. The van der Waals surface area contributed by atoms with Gasteiger partial charge in [-0.2, -0.15) is 0 Å². The minimum atomic E-state index is -3.00. The first kappa shape index (κ1) is 15.1. The van der Waals surface area contributed by atoms with Crippen LogP contribution in [-0.4, -0.2) is 75.1 Å². The highest BCUT2D eigenvalue weighted by Crippen LogP contribution is 2.06. The zero-order chi connectivity index (χ0) is 13.8. The Morgan fingerprint density at radius 1 is 1.33 bits per heavy atom. The highest BCUT2D eigenvalue weighted by Gasteiger charge is 2.21. The Kier molecular flexibility index (Phi) is 5.28. The summed E-state index contributed by atoms with van der Waals surface area (Å²) in [6.45, 7) is 1.51. The fraction of sp³-hybridized carbons (Fsp3) is 0.818. The predicted molar refractivity (Wildman–Crippen MR) is 68.0 cm³/mol. The Labute approximate surface area is 108 Å². The highest BCUT2D eigenvalue weighted by atomic mass is 32.2. The van der Waals surface area contributed by atoms with Crippen LogP contribution in [0.15, 0.2) is 0 Å². The maximum Gasteiger partial charge on any atom is 0.236 e. The van der Waals surface area contributed by atoms with Gasteiger partial charge in [-0.05, 0) is 7.05 Å². The van der Waals surface area contributed by atoms with Gasteiger partial charge in [-0.25, -0.2) is 8.42 Å². The van der Waals surface area contributed by atoms with Gasteiger partial charge in [-0.1, -0.05) is 0 Å². The van der Waals surface area contributed by atoms with Crippen LogP contribution in [0.2, 0.25) is 0 Å². The van der Waals surface area contributed by atoms with E-state index in [1.807, 2.05) is 0 Å². The van der Waals surface area contributed by atoms with Crippen LogP contribution in [0.3, 0.4) is 0 Å². The van der Waals surface area contributed by atoms with Crippen molar-refractivity contribution < 1.29 is 18.0 Å². The van der Waals surface area contributed by atoms with E-state index in [0.717, 1.165) is 0 Å². The second-order valence-electron chi connectivity index (χ2n) is 4.79. The smallest absolute Gasteiger partial charge is 0.236 e. The number of hydrogen-bond acceptors (Lipinski definition) is 5. The van der Waals surface area contributed by atoms with Crippen LogP contribution in [0.4, 0.5) is 0 Å². The summed E-state index contributed by atoms with van der Waals surface area (Å²) in [4.78, 5) is 26.3. The average molecular weight is 276 g/mol. The molecule has 0 aliphatic carbocycles. The summed E-state index contributed by atoms with van der Waals surface area (Å²) in [5.41, 5.74) is 0. The van der Waals surface area contributed by atoms with Gasteiger partial charge in [0.1, 0.15) is 15.6 Å². The third kappa shape index (κ3) is 5.59. The van der Waals surface area contributed by atoms with E-state index >= 15 is 0 Å². The number of amides is 1. The highest BCUT2D eigenvalue weighted by molar-refractivity contribution is 7.90. The van der Waals surface area contributed by atoms with Crippen molar-refractivity contribution in [2.24, 2.45) is 0 Å². The number of ketones is 1. The Hall–Kier alpha value is -0.950. The number of nitrogens with zero attached hydrogens (tertiary/aromatic N) is 2. The van der Waals surface area contributed by atoms with E-state index in [0.29, 0.717) is 32.5 Å². The van der Waals surface area contributed by atoms with Crippen LogP contribution in [-0.2, 0) is 19.4 Å². The van der Waals surface area contributed by atoms with Gasteiger partial charge in [0.25, 0.3) is 0 Å². The zero-order valence-electron chi connectivity index (χ0n) is 10.9. The molecule has 0 atom stereocenters. The molecule has 1 amide bonds. The topological polar surface area (TPSA) is 74.8 Å². The zero-order valence-corrected chi connectivity index (χ0v) is 11.7. The fourth-order valence-corrected chi connectivity index (χ4v) is 2.38. The van der Waals surface area contributed by atoms with E-state index in [4.69, 9.17) is 0 Å². The molecule has 0 saturated carbocycles. The van der Waals surface area contributed by atoms with Gasteiger partial charge in [0.15, 0.2) is 0 Å². The molecule has 1 aliphatic heterocycles. The molecule has 1 rings (SSSR count). The summed E-state index contributed by atoms with van der Waals surface area (Å²) in [7, 11) is -1.28. The van der Waals surface area contributed by atoms with Gasteiger partial charge in [0, 0.05) is 38.7 Å². The average Bonchev–Trinajstić information content (AvgIpc) is 2.26. The number of sulfone groups is 1. The van der Waals surface area contributed by atoms with Crippen LogP contribution in [0, 0.1) is 0 Å². The van der Waals surface area contributed by atoms with Gasteiger partial charge in [-0.3, -0.25) is 14.5 Å². The van der Waals surface area contributed by atoms with Crippen LogP contribution >= 0.6 is 0 Å². The van der Waals surface area contributed by atoms with Crippen LogP contribution < -0.4 is 0 Å². The van der Waals surface area contributed by atoms with Crippen molar-refractivity contribution in [2.75, 3.05) is 45.2 Å². The van der Waals surface area contributed by atoms with Crippen LogP contribution in [0.5, 0.6) is 0 Å².